The third-order valence-electron chi connectivity index (χ3n) is 6.90. The molecule has 0 aliphatic carbocycles. The molecule has 3 aromatic carbocycles. The summed E-state index contributed by atoms with van der Waals surface area (Å²) in [6, 6.07) is 31.7. The maximum Gasteiger partial charge on any atom is 0.307 e. The minimum atomic E-state index is -0.690. The smallest absolute Gasteiger partial charge is 0.307 e. The van der Waals surface area contributed by atoms with E-state index in [-0.39, 0.29) is 5.92 Å². The highest BCUT2D eigenvalue weighted by atomic mass is 16.4. The molecule has 1 aromatic heterocycles. The van der Waals surface area contributed by atoms with Crippen LogP contribution in [0.2, 0.25) is 0 Å². The number of aromatic nitrogens is 2. The van der Waals surface area contributed by atoms with Crippen molar-refractivity contribution in [2.24, 2.45) is 5.92 Å². The van der Waals surface area contributed by atoms with E-state index >= 15 is 0 Å². The zero-order valence-corrected chi connectivity index (χ0v) is 19.1. The van der Waals surface area contributed by atoms with Crippen LogP contribution >= 0.6 is 0 Å². The van der Waals surface area contributed by atoms with Gasteiger partial charge in [0.25, 0.3) is 0 Å². The fourth-order valence-electron chi connectivity index (χ4n) is 5.17. The van der Waals surface area contributed by atoms with Crippen molar-refractivity contribution < 1.29 is 9.90 Å². The van der Waals surface area contributed by atoms with Crippen LogP contribution in [0.25, 0.3) is 0 Å². The first kappa shape index (κ1) is 22.1. The van der Waals surface area contributed by atoms with Gasteiger partial charge in [0.2, 0.25) is 0 Å². The van der Waals surface area contributed by atoms with Gasteiger partial charge in [-0.3, -0.25) is 4.79 Å². The van der Waals surface area contributed by atoms with Gasteiger partial charge in [0, 0.05) is 25.7 Å². The van der Waals surface area contributed by atoms with Crippen LogP contribution in [0, 0.1) is 5.92 Å². The van der Waals surface area contributed by atoms with E-state index in [9.17, 15) is 9.90 Å². The molecule has 5 nitrogen and oxygen atoms in total. The lowest BCUT2D eigenvalue weighted by atomic mass is 9.77. The summed E-state index contributed by atoms with van der Waals surface area (Å²) in [5.74, 6) is -0.940. The van der Waals surface area contributed by atoms with Crippen LogP contribution in [0.3, 0.4) is 0 Å². The number of rotatable bonds is 8. The molecule has 5 rings (SSSR count). The Kier molecular flexibility index (Phi) is 6.28. The van der Waals surface area contributed by atoms with Crippen molar-refractivity contribution in [3.63, 3.8) is 0 Å². The average molecular weight is 452 g/mol. The Morgan fingerprint density at radius 3 is 1.88 bits per heavy atom. The molecule has 0 amide bonds. The maximum absolute atomic E-state index is 11.3. The third kappa shape index (κ3) is 4.15. The van der Waals surface area contributed by atoms with Crippen LogP contribution in [0.5, 0.6) is 0 Å². The van der Waals surface area contributed by atoms with Crippen molar-refractivity contribution in [1.82, 2.24) is 14.5 Å². The topological polar surface area (TPSA) is 58.4 Å². The Bertz CT molecular complexity index is 1130. The highest BCUT2D eigenvalue weighted by Gasteiger charge is 2.38. The molecule has 1 aliphatic rings. The van der Waals surface area contributed by atoms with Gasteiger partial charge < -0.3 is 14.6 Å². The van der Waals surface area contributed by atoms with E-state index in [1.54, 1.807) is 0 Å². The molecule has 4 aromatic rings. The lowest BCUT2D eigenvalue weighted by molar-refractivity contribution is -0.141. The maximum atomic E-state index is 11.3. The monoisotopic (exact) mass is 451 g/mol. The number of hydrogen-bond acceptors (Lipinski definition) is 3. The van der Waals surface area contributed by atoms with E-state index in [1.165, 1.54) is 16.7 Å². The molecule has 1 saturated heterocycles. The van der Waals surface area contributed by atoms with Gasteiger partial charge in [0.1, 0.15) is 5.54 Å². The lowest BCUT2D eigenvalue weighted by Gasteiger charge is -2.37. The molecule has 1 N–H and O–H groups in total. The molecule has 1 atom stereocenters. The predicted octanol–water partition coefficient (Wildman–Crippen LogP) is 4.67. The number of imidazole rings is 1. The number of carboxylic acids is 1. The second-order valence-corrected chi connectivity index (χ2v) is 8.96. The molecule has 1 aliphatic heterocycles. The summed E-state index contributed by atoms with van der Waals surface area (Å²) < 4.78 is 2.23. The van der Waals surface area contributed by atoms with Crippen molar-refractivity contribution in [3.05, 3.63) is 126 Å². The number of carboxylic acid groups (broad SMARTS) is 1. The number of nitrogens with zero attached hydrogens (tertiary/aromatic N) is 3. The number of carbonyl (C=O) groups is 1. The number of hydrogen-bond donors (Lipinski definition) is 1. The molecule has 34 heavy (non-hydrogen) atoms. The second-order valence-electron chi connectivity index (χ2n) is 8.96. The summed E-state index contributed by atoms with van der Waals surface area (Å²) in [5.41, 5.74) is 3.95. The van der Waals surface area contributed by atoms with E-state index in [4.69, 9.17) is 4.98 Å². The predicted molar refractivity (Wildman–Crippen MR) is 133 cm³/mol. The van der Waals surface area contributed by atoms with Crippen LogP contribution in [-0.4, -0.2) is 45.2 Å². The second kappa shape index (κ2) is 9.65. The van der Waals surface area contributed by atoms with Crippen molar-refractivity contribution in [2.75, 3.05) is 19.6 Å². The van der Waals surface area contributed by atoms with Crippen molar-refractivity contribution in [2.45, 2.75) is 18.4 Å². The van der Waals surface area contributed by atoms with Gasteiger partial charge in [0.05, 0.1) is 17.9 Å². The van der Waals surface area contributed by atoms with Gasteiger partial charge in [-0.05, 0) is 29.7 Å². The van der Waals surface area contributed by atoms with Crippen molar-refractivity contribution in [3.8, 4) is 0 Å². The molecule has 172 valence electrons. The molecule has 0 saturated carbocycles. The van der Waals surface area contributed by atoms with E-state index in [2.05, 4.69) is 88.5 Å². The standard InChI is InChI=1S/C29H29N3O2/c33-28(34)23-16-18-31(20-23)19-17-27-21-32(22-30-27)29(24-10-4-1-5-11-24,25-12-6-2-7-13-25)26-14-8-3-9-15-26/h1-15,21-23H,16-20H2,(H,33,34). The Hall–Kier alpha value is -3.70. The quantitative estimate of drug-likeness (QED) is 0.396. The van der Waals surface area contributed by atoms with E-state index in [0.717, 1.165) is 31.6 Å². The minimum absolute atomic E-state index is 0.251. The highest BCUT2D eigenvalue weighted by molar-refractivity contribution is 5.70. The van der Waals surface area contributed by atoms with Crippen LogP contribution in [-0.2, 0) is 16.8 Å². The number of likely N-dealkylation sites (tertiary alicyclic amines) is 1. The Labute approximate surface area is 200 Å². The van der Waals surface area contributed by atoms with Crippen LogP contribution < -0.4 is 0 Å². The van der Waals surface area contributed by atoms with Gasteiger partial charge in [0.15, 0.2) is 0 Å². The van der Waals surface area contributed by atoms with Crippen LogP contribution in [0.1, 0.15) is 28.8 Å². The molecular formula is C29H29N3O2. The fraction of sp³-hybridized carbons (Fsp3) is 0.241. The Morgan fingerprint density at radius 1 is 0.882 bits per heavy atom. The normalized spacial score (nSPS) is 16.5. The van der Waals surface area contributed by atoms with Gasteiger partial charge in [-0.15, -0.1) is 0 Å². The largest absolute Gasteiger partial charge is 0.481 e. The number of benzene rings is 3. The summed E-state index contributed by atoms with van der Waals surface area (Å²) >= 11 is 0. The third-order valence-corrected chi connectivity index (χ3v) is 6.90. The number of aliphatic carboxylic acids is 1. The van der Waals surface area contributed by atoms with E-state index in [1.807, 2.05) is 24.5 Å². The lowest BCUT2D eigenvalue weighted by Crippen LogP contribution is -2.37. The van der Waals surface area contributed by atoms with Gasteiger partial charge in [-0.2, -0.15) is 0 Å². The fourth-order valence-corrected chi connectivity index (χ4v) is 5.17. The van der Waals surface area contributed by atoms with Crippen LogP contribution in [0.15, 0.2) is 104 Å². The minimum Gasteiger partial charge on any atom is -0.481 e. The first-order valence-corrected chi connectivity index (χ1v) is 11.8. The summed E-state index contributed by atoms with van der Waals surface area (Å²) in [6.07, 6.45) is 5.60. The van der Waals surface area contributed by atoms with Gasteiger partial charge in [-0.25, -0.2) is 4.98 Å². The van der Waals surface area contributed by atoms with Gasteiger partial charge >= 0.3 is 5.97 Å². The average Bonchev–Trinajstić information content (AvgIpc) is 3.56. The SMILES string of the molecule is O=C(O)C1CCN(CCc2cn(C(c3ccccc3)(c3ccccc3)c3ccccc3)cn2)C1. The van der Waals surface area contributed by atoms with E-state index in [0.29, 0.717) is 6.54 Å². The highest BCUT2D eigenvalue weighted by Crippen LogP contribution is 2.40. The summed E-state index contributed by atoms with van der Waals surface area (Å²) in [7, 11) is 0. The molecular weight excluding hydrogens is 422 g/mol. The molecule has 0 radical (unpaired) electrons. The summed E-state index contributed by atoms with van der Waals surface area (Å²) in [5, 5.41) is 9.29. The van der Waals surface area contributed by atoms with Crippen molar-refractivity contribution in [1.29, 1.82) is 0 Å². The molecule has 1 fully saturated rings. The summed E-state index contributed by atoms with van der Waals surface area (Å²) in [4.78, 5) is 18.3. The first-order chi connectivity index (χ1) is 16.7. The Morgan fingerprint density at radius 2 is 1.41 bits per heavy atom. The molecule has 5 heteroatoms. The molecule has 0 spiro atoms. The zero-order valence-electron chi connectivity index (χ0n) is 19.1. The zero-order chi connectivity index (χ0) is 23.4. The van der Waals surface area contributed by atoms with Gasteiger partial charge in [-0.1, -0.05) is 91.0 Å². The molecule has 0 bridgehead atoms. The summed E-state index contributed by atoms with van der Waals surface area (Å²) in [6.45, 7) is 2.27. The molecule has 1 unspecified atom stereocenters. The van der Waals surface area contributed by atoms with Crippen molar-refractivity contribution >= 4 is 5.97 Å². The van der Waals surface area contributed by atoms with Crippen LogP contribution in [0.4, 0.5) is 0 Å². The van der Waals surface area contributed by atoms with E-state index < -0.39 is 11.5 Å². The molecule has 2 heterocycles. The Balaban J connectivity index is 1.53. The first-order valence-electron chi connectivity index (χ1n) is 11.8.